The summed E-state index contributed by atoms with van der Waals surface area (Å²) in [4.78, 5) is 12.9. The van der Waals surface area contributed by atoms with Crippen LogP contribution in [0.25, 0.3) is 0 Å². The molecule has 4 heteroatoms. The Bertz CT molecular complexity index is 572. The number of benzene rings is 2. The molecule has 0 N–H and O–H groups in total. The third-order valence-corrected chi connectivity index (χ3v) is 3.98. The molecule has 0 unspecified atom stereocenters. The summed E-state index contributed by atoms with van der Waals surface area (Å²) < 4.78 is 13.1. The average molecular weight is 295 g/mol. The molecule has 0 heterocycles. The maximum atomic E-state index is 13.1. The maximum Gasteiger partial charge on any atom is 0.147 e. The van der Waals surface area contributed by atoms with Gasteiger partial charge in [-0.1, -0.05) is 29.8 Å². The monoisotopic (exact) mass is 294 g/mol. The zero-order valence-electron chi connectivity index (χ0n) is 10.1. The van der Waals surface area contributed by atoms with Crippen molar-refractivity contribution in [2.75, 3.05) is 5.75 Å². The summed E-state index contributed by atoms with van der Waals surface area (Å²) in [5.74, 6) is 0.0147. The fourth-order valence-electron chi connectivity index (χ4n) is 1.62. The molecule has 0 radical (unpaired) electrons. The van der Waals surface area contributed by atoms with E-state index in [-0.39, 0.29) is 18.0 Å². The van der Waals surface area contributed by atoms with E-state index in [4.69, 9.17) is 11.6 Å². The molecule has 0 aliphatic carbocycles. The molecule has 2 aromatic carbocycles. The van der Waals surface area contributed by atoms with E-state index in [9.17, 15) is 9.18 Å². The summed E-state index contributed by atoms with van der Waals surface area (Å²) in [7, 11) is 0. The minimum absolute atomic E-state index is 0.0290. The van der Waals surface area contributed by atoms with Crippen molar-refractivity contribution in [3.8, 4) is 0 Å². The summed E-state index contributed by atoms with van der Waals surface area (Å²) in [6, 6.07) is 13.8. The van der Waals surface area contributed by atoms with Crippen LogP contribution in [0, 0.1) is 5.82 Å². The van der Waals surface area contributed by atoms with Crippen LogP contribution in [0.1, 0.15) is 5.56 Å². The van der Waals surface area contributed by atoms with Crippen LogP contribution in [0.4, 0.5) is 4.39 Å². The Hall–Kier alpha value is -1.32. The molecule has 0 atom stereocenters. The van der Waals surface area contributed by atoms with Crippen LogP contribution in [-0.2, 0) is 11.2 Å². The maximum absolute atomic E-state index is 13.1. The lowest BCUT2D eigenvalue weighted by molar-refractivity contribution is -0.116. The smallest absolute Gasteiger partial charge is 0.147 e. The molecule has 1 nitrogen and oxygen atoms in total. The van der Waals surface area contributed by atoms with Crippen LogP contribution in [-0.4, -0.2) is 11.5 Å². The highest BCUT2D eigenvalue weighted by atomic mass is 35.5. The number of rotatable bonds is 5. The molecule has 0 aliphatic heterocycles. The van der Waals surface area contributed by atoms with E-state index in [0.29, 0.717) is 16.3 Å². The zero-order valence-corrected chi connectivity index (χ0v) is 11.7. The Labute approximate surface area is 120 Å². The second-order valence-electron chi connectivity index (χ2n) is 4.05. The van der Waals surface area contributed by atoms with Gasteiger partial charge >= 0.3 is 0 Å². The van der Waals surface area contributed by atoms with Gasteiger partial charge in [0.2, 0.25) is 0 Å². The first-order valence-electron chi connectivity index (χ1n) is 5.78. The van der Waals surface area contributed by atoms with Crippen LogP contribution in [0.15, 0.2) is 53.4 Å². The zero-order chi connectivity index (χ0) is 13.7. The molecular weight excluding hydrogens is 283 g/mol. The van der Waals surface area contributed by atoms with E-state index in [0.717, 1.165) is 4.90 Å². The summed E-state index contributed by atoms with van der Waals surface area (Å²) in [6.45, 7) is 0. The van der Waals surface area contributed by atoms with E-state index in [2.05, 4.69) is 0 Å². The predicted molar refractivity (Wildman–Crippen MR) is 77.3 cm³/mol. The second kappa shape index (κ2) is 6.73. The molecule has 0 saturated heterocycles. The highest BCUT2D eigenvalue weighted by molar-refractivity contribution is 8.00. The first kappa shape index (κ1) is 14.1. The SMILES string of the molecule is O=C(CSc1ccccc1)Cc1cc(F)ccc1Cl. The van der Waals surface area contributed by atoms with Crippen LogP contribution in [0.3, 0.4) is 0 Å². The minimum Gasteiger partial charge on any atom is -0.298 e. The van der Waals surface area contributed by atoms with Crippen LogP contribution in [0.5, 0.6) is 0 Å². The average Bonchev–Trinajstić information content (AvgIpc) is 2.42. The van der Waals surface area contributed by atoms with Crippen LogP contribution < -0.4 is 0 Å². The van der Waals surface area contributed by atoms with Crippen molar-refractivity contribution in [3.05, 3.63) is 64.9 Å². The standard InChI is InChI=1S/C15H12ClFOS/c16-15-7-6-12(17)8-11(15)9-13(18)10-19-14-4-2-1-3-5-14/h1-8H,9-10H2. The van der Waals surface area contributed by atoms with Crippen molar-refractivity contribution in [1.29, 1.82) is 0 Å². The molecule has 0 aromatic heterocycles. The number of carbonyl (C=O) groups is 1. The van der Waals surface area contributed by atoms with E-state index in [1.807, 2.05) is 30.3 Å². The fourth-order valence-corrected chi connectivity index (χ4v) is 2.59. The predicted octanol–water partition coefficient (Wildman–Crippen LogP) is 4.38. The molecule has 2 rings (SSSR count). The Balaban J connectivity index is 1.93. The molecule has 2 aromatic rings. The Morgan fingerprint density at radius 1 is 1.16 bits per heavy atom. The first-order chi connectivity index (χ1) is 9.15. The van der Waals surface area contributed by atoms with E-state index >= 15 is 0 Å². The summed E-state index contributed by atoms with van der Waals surface area (Å²) in [6.07, 6.45) is 0.163. The van der Waals surface area contributed by atoms with Gasteiger partial charge in [-0.25, -0.2) is 4.39 Å². The number of thioether (sulfide) groups is 1. The first-order valence-corrected chi connectivity index (χ1v) is 7.15. The summed E-state index contributed by atoms with van der Waals surface area (Å²) in [5, 5.41) is 0.430. The molecule has 98 valence electrons. The van der Waals surface area contributed by atoms with E-state index in [1.54, 1.807) is 0 Å². The lowest BCUT2D eigenvalue weighted by Gasteiger charge is -2.04. The Morgan fingerprint density at radius 2 is 1.89 bits per heavy atom. The van der Waals surface area contributed by atoms with E-state index < -0.39 is 0 Å². The van der Waals surface area contributed by atoms with Crippen molar-refractivity contribution < 1.29 is 9.18 Å². The van der Waals surface area contributed by atoms with Gasteiger partial charge in [0.25, 0.3) is 0 Å². The number of halogens is 2. The van der Waals surface area contributed by atoms with Gasteiger partial charge in [-0.15, -0.1) is 11.8 Å². The number of ketones is 1. The Morgan fingerprint density at radius 3 is 2.63 bits per heavy atom. The lowest BCUT2D eigenvalue weighted by atomic mass is 10.1. The molecular formula is C15H12ClFOS. The van der Waals surface area contributed by atoms with Gasteiger partial charge in [0.05, 0.1) is 5.75 Å². The van der Waals surface area contributed by atoms with Gasteiger partial charge in [-0.3, -0.25) is 4.79 Å². The number of hydrogen-bond donors (Lipinski definition) is 0. The van der Waals surface area contributed by atoms with Gasteiger partial charge in [-0.05, 0) is 35.9 Å². The van der Waals surface area contributed by atoms with Crippen LogP contribution in [0.2, 0.25) is 5.02 Å². The quantitative estimate of drug-likeness (QED) is 0.761. The van der Waals surface area contributed by atoms with Crippen molar-refractivity contribution in [1.82, 2.24) is 0 Å². The number of hydrogen-bond acceptors (Lipinski definition) is 2. The van der Waals surface area contributed by atoms with Gasteiger partial charge in [-0.2, -0.15) is 0 Å². The minimum atomic E-state index is -0.372. The topological polar surface area (TPSA) is 17.1 Å². The summed E-state index contributed by atoms with van der Waals surface area (Å²) >= 11 is 7.40. The van der Waals surface area contributed by atoms with Gasteiger partial charge in [0.15, 0.2) is 0 Å². The molecule has 0 saturated carbocycles. The third kappa shape index (κ3) is 4.37. The van der Waals surface area contributed by atoms with Crippen molar-refractivity contribution >= 4 is 29.1 Å². The molecule has 0 fully saturated rings. The number of carbonyl (C=O) groups excluding carboxylic acids is 1. The molecule has 0 amide bonds. The normalized spacial score (nSPS) is 10.4. The highest BCUT2D eigenvalue weighted by Gasteiger charge is 2.09. The fraction of sp³-hybridized carbons (Fsp3) is 0.133. The third-order valence-electron chi connectivity index (χ3n) is 2.54. The van der Waals surface area contributed by atoms with Crippen molar-refractivity contribution in [2.24, 2.45) is 0 Å². The molecule has 0 spiro atoms. The summed E-state index contributed by atoms with van der Waals surface area (Å²) in [5.41, 5.74) is 0.542. The molecule has 0 bridgehead atoms. The Kier molecular flexibility index (Phi) is 5.00. The van der Waals surface area contributed by atoms with Crippen molar-refractivity contribution in [2.45, 2.75) is 11.3 Å². The van der Waals surface area contributed by atoms with Gasteiger partial charge in [0, 0.05) is 16.3 Å². The van der Waals surface area contributed by atoms with Gasteiger partial charge in [0.1, 0.15) is 11.6 Å². The van der Waals surface area contributed by atoms with Crippen molar-refractivity contribution in [3.63, 3.8) is 0 Å². The highest BCUT2D eigenvalue weighted by Crippen LogP contribution is 2.20. The van der Waals surface area contributed by atoms with Gasteiger partial charge < -0.3 is 0 Å². The largest absolute Gasteiger partial charge is 0.298 e. The molecule has 19 heavy (non-hydrogen) atoms. The molecule has 0 aliphatic rings. The number of Topliss-reactive ketones (excluding diaryl/α,β-unsaturated/α-hetero) is 1. The van der Waals surface area contributed by atoms with E-state index in [1.165, 1.54) is 30.0 Å². The second-order valence-corrected chi connectivity index (χ2v) is 5.51. The van der Waals surface area contributed by atoms with Crippen LogP contribution >= 0.6 is 23.4 Å². The lowest BCUT2D eigenvalue weighted by Crippen LogP contribution is -2.06.